The summed E-state index contributed by atoms with van der Waals surface area (Å²) in [6.07, 6.45) is -5.74. The van der Waals surface area contributed by atoms with Gasteiger partial charge in [0, 0.05) is 13.1 Å². The lowest BCUT2D eigenvalue weighted by atomic mass is 9.97. The molecule has 2 heterocycles. The molecule has 0 unspecified atom stereocenters. The fraction of sp³-hybridized carbons (Fsp3) is 0.619. The van der Waals surface area contributed by atoms with E-state index in [4.69, 9.17) is 0 Å². The Morgan fingerprint density at radius 3 is 2.15 bits per heavy atom. The zero-order valence-electron chi connectivity index (χ0n) is 19.7. The summed E-state index contributed by atoms with van der Waals surface area (Å²) in [5, 5.41) is 14.4. The van der Waals surface area contributed by atoms with Crippen LogP contribution in [0.3, 0.4) is 0 Å². The number of amides is 1. The lowest BCUT2D eigenvalue weighted by molar-refractivity contribution is -0.136. The lowest BCUT2D eigenvalue weighted by Crippen LogP contribution is -2.42. The first kappa shape index (κ1) is 26.6. The Labute approximate surface area is 192 Å². The minimum absolute atomic E-state index is 0.0299. The van der Waals surface area contributed by atoms with Crippen molar-refractivity contribution in [3.8, 4) is 0 Å². The van der Waals surface area contributed by atoms with E-state index in [9.17, 15) is 32.7 Å². The van der Waals surface area contributed by atoms with E-state index in [2.05, 4.69) is 5.10 Å². The van der Waals surface area contributed by atoms with Crippen molar-refractivity contribution in [3.63, 3.8) is 0 Å². The van der Waals surface area contributed by atoms with E-state index in [1.165, 1.54) is 6.21 Å². The third kappa shape index (κ3) is 6.24. The molecule has 0 radical (unpaired) electrons. The van der Waals surface area contributed by atoms with E-state index in [0.29, 0.717) is 10.4 Å². The Hall–Kier alpha value is -2.63. The van der Waals surface area contributed by atoms with Gasteiger partial charge in [0.2, 0.25) is 0 Å². The summed E-state index contributed by atoms with van der Waals surface area (Å²) < 4.78 is 40.8. The number of carbonyl (C=O) groups is 1. The molecule has 2 rings (SSSR count). The van der Waals surface area contributed by atoms with Crippen LogP contribution in [0.5, 0.6) is 0 Å². The molecule has 0 atom stereocenters. The molecular formula is C21H29F3N4O4S. The van der Waals surface area contributed by atoms with Crippen LogP contribution >= 0.6 is 11.3 Å². The van der Waals surface area contributed by atoms with Crippen LogP contribution in [0.15, 0.2) is 14.7 Å². The van der Waals surface area contributed by atoms with Crippen LogP contribution in [0.2, 0.25) is 0 Å². The maximum Gasteiger partial charge on any atom is 0.428 e. The van der Waals surface area contributed by atoms with Gasteiger partial charge in [0.05, 0.1) is 28.4 Å². The van der Waals surface area contributed by atoms with Gasteiger partial charge in [0.25, 0.3) is 5.56 Å². The van der Waals surface area contributed by atoms with Crippen molar-refractivity contribution in [2.45, 2.75) is 79.7 Å². The molecule has 0 saturated heterocycles. The van der Waals surface area contributed by atoms with Crippen LogP contribution in [-0.4, -0.2) is 43.3 Å². The van der Waals surface area contributed by atoms with Crippen LogP contribution in [0, 0.1) is 12.3 Å². The fourth-order valence-electron chi connectivity index (χ4n) is 3.20. The number of hydrogen-bond acceptors (Lipinski definition) is 5. The Kier molecular flexibility index (Phi) is 7.23. The molecule has 2 aromatic rings. The zero-order chi connectivity index (χ0) is 25.5. The Morgan fingerprint density at radius 2 is 1.70 bits per heavy atom. The number of aryl methyl sites for hydroxylation is 2. The fourth-order valence-corrected chi connectivity index (χ4v) is 4.39. The average Bonchev–Trinajstić information content (AvgIpc) is 2.92. The highest BCUT2D eigenvalue weighted by Gasteiger charge is 2.30. The topological polar surface area (TPSA) is 96.9 Å². The SMILES string of the molecule is Cc1c(/C=N/N(C(=O)O)C(C)(C)C)sc2c1c(=O)n(CC(C)(C)C)c(=O)n2CCC(F)(F)F. The second-order valence-corrected chi connectivity index (χ2v) is 11.1. The number of halogens is 3. The number of thiophene rings is 1. The summed E-state index contributed by atoms with van der Waals surface area (Å²) in [7, 11) is 0. The summed E-state index contributed by atoms with van der Waals surface area (Å²) in [4.78, 5) is 38.3. The highest BCUT2D eigenvalue weighted by Crippen LogP contribution is 2.29. The third-order valence-corrected chi connectivity index (χ3v) is 5.94. The smallest absolute Gasteiger partial charge is 0.428 e. The summed E-state index contributed by atoms with van der Waals surface area (Å²) >= 11 is 0.934. The highest BCUT2D eigenvalue weighted by atomic mass is 32.1. The van der Waals surface area contributed by atoms with E-state index in [-0.39, 0.29) is 16.8 Å². The van der Waals surface area contributed by atoms with E-state index >= 15 is 0 Å². The molecule has 0 aromatic carbocycles. The van der Waals surface area contributed by atoms with Crippen molar-refractivity contribution < 1.29 is 23.1 Å². The van der Waals surface area contributed by atoms with Gasteiger partial charge in [-0.3, -0.25) is 13.9 Å². The van der Waals surface area contributed by atoms with Crippen LogP contribution in [0.25, 0.3) is 10.2 Å². The van der Waals surface area contributed by atoms with E-state index in [1.807, 2.05) is 20.8 Å². The minimum Gasteiger partial charge on any atom is -0.464 e. The van der Waals surface area contributed by atoms with E-state index in [0.717, 1.165) is 25.5 Å². The van der Waals surface area contributed by atoms with Crippen molar-refractivity contribution in [1.82, 2.24) is 14.1 Å². The predicted octanol–water partition coefficient (Wildman–Crippen LogP) is 4.64. The van der Waals surface area contributed by atoms with Crippen molar-refractivity contribution in [3.05, 3.63) is 31.3 Å². The number of carboxylic acid groups (broad SMARTS) is 1. The van der Waals surface area contributed by atoms with Crippen molar-refractivity contribution in [2.24, 2.45) is 10.5 Å². The van der Waals surface area contributed by atoms with Crippen LogP contribution in [-0.2, 0) is 13.1 Å². The minimum atomic E-state index is -4.48. The molecule has 1 amide bonds. The molecule has 33 heavy (non-hydrogen) atoms. The van der Waals surface area contributed by atoms with Gasteiger partial charge in [0.15, 0.2) is 0 Å². The molecule has 0 spiro atoms. The number of fused-ring (bicyclic) bond motifs is 1. The molecule has 1 N–H and O–H groups in total. The Bertz CT molecular complexity index is 1190. The van der Waals surface area contributed by atoms with Gasteiger partial charge in [-0.15, -0.1) is 11.3 Å². The molecule has 0 aliphatic rings. The molecular weight excluding hydrogens is 461 g/mol. The maximum absolute atomic E-state index is 13.2. The van der Waals surface area contributed by atoms with Gasteiger partial charge in [0.1, 0.15) is 4.83 Å². The Morgan fingerprint density at radius 1 is 1.12 bits per heavy atom. The molecule has 0 bridgehead atoms. The molecule has 12 heteroatoms. The normalized spacial score (nSPS) is 13.3. The van der Waals surface area contributed by atoms with E-state index in [1.54, 1.807) is 27.7 Å². The second kappa shape index (κ2) is 8.96. The first-order valence-corrected chi connectivity index (χ1v) is 11.1. The van der Waals surface area contributed by atoms with Gasteiger partial charge < -0.3 is 5.11 Å². The standard InChI is InChI=1S/C21H29F3N4O4S/c1-12-13(10-25-28(18(31)32)20(5,6)7)33-16-14(12)15(29)27(11-19(2,3)4)17(30)26(16)9-8-21(22,23)24/h10H,8-9,11H2,1-7H3,(H,31,32)/b25-10+. The molecule has 184 valence electrons. The summed E-state index contributed by atoms with van der Waals surface area (Å²) in [6.45, 7) is 11.4. The van der Waals surface area contributed by atoms with E-state index < -0.39 is 47.4 Å². The quantitative estimate of drug-likeness (QED) is 0.488. The molecule has 2 aromatic heterocycles. The van der Waals surface area contributed by atoms with Gasteiger partial charge in [-0.25, -0.2) is 9.59 Å². The van der Waals surface area contributed by atoms with Crippen molar-refractivity contribution in [1.29, 1.82) is 0 Å². The third-order valence-electron chi connectivity index (χ3n) is 4.69. The van der Waals surface area contributed by atoms with Gasteiger partial charge in [-0.05, 0) is 38.7 Å². The first-order chi connectivity index (χ1) is 14.8. The van der Waals surface area contributed by atoms with Crippen molar-refractivity contribution >= 4 is 33.9 Å². The lowest BCUT2D eigenvalue weighted by Gasteiger charge is -2.27. The summed E-state index contributed by atoms with van der Waals surface area (Å²) in [5.41, 5.74) is -2.29. The molecule has 0 fully saturated rings. The number of hydrogen-bond donors (Lipinski definition) is 1. The number of rotatable bonds is 5. The number of alkyl halides is 3. The second-order valence-electron chi connectivity index (χ2n) is 10.0. The molecule has 0 aliphatic carbocycles. The van der Waals surface area contributed by atoms with Gasteiger partial charge in [-0.2, -0.15) is 23.3 Å². The zero-order valence-corrected chi connectivity index (χ0v) is 20.5. The van der Waals surface area contributed by atoms with Crippen LogP contribution in [0.4, 0.5) is 18.0 Å². The Balaban J connectivity index is 2.78. The van der Waals surface area contributed by atoms with Crippen LogP contribution < -0.4 is 11.2 Å². The highest BCUT2D eigenvalue weighted by molar-refractivity contribution is 7.20. The number of hydrazone groups is 1. The molecule has 0 aliphatic heterocycles. The monoisotopic (exact) mass is 490 g/mol. The summed E-state index contributed by atoms with van der Waals surface area (Å²) in [5.74, 6) is 0. The maximum atomic E-state index is 13.2. The predicted molar refractivity (Wildman–Crippen MR) is 122 cm³/mol. The number of nitrogens with zero attached hydrogens (tertiary/aromatic N) is 4. The van der Waals surface area contributed by atoms with Gasteiger partial charge in [-0.1, -0.05) is 20.8 Å². The molecule has 8 nitrogen and oxygen atoms in total. The summed E-state index contributed by atoms with van der Waals surface area (Å²) in [6, 6.07) is 0. The van der Waals surface area contributed by atoms with Gasteiger partial charge >= 0.3 is 18.0 Å². The first-order valence-electron chi connectivity index (χ1n) is 10.2. The largest absolute Gasteiger partial charge is 0.464 e. The average molecular weight is 491 g/mol. The van der Waals surface area contributed by atoms with Crippen LogP contribution in [0.1, 0.15) is 58.4 Å². The molecule has 0 saturated carbocycles. The van der Waals surface area contributed by atoms with Crippen molar-refractivity contribution in [2.75, 3.05) is 0 Å². The number of aromatic nitrogens is 2.